The van der Waals surface area contributed by atoms with Gasteiger partial charge in [0, 0.05) is 35.4 Å². The van der Waals surface area contributed by atoms with E-state index in [0.29, 0.717) is 18.0 Å². The summed E-state index contributed by atoms with van der Waals surface area (Å²) in [6, 6.07) is 6.53. The normalized spacial score (nSPS) is 13.5. The minimum atomic E-state index is -3.53. The molecule has 1 atom stereocenters. The summed E-state index contributed by atoms with van der Waals surface area (Å²) in [5, 5.41) is 3.01. The molecule has 0 spiro atoms. The van der Waals surface area contributed by atoms with Gasteiger partial charge in [-0.05, 0) is 26.0 Å². The maximum Gasteiger partial charge on any atom is 0.242 e. The smallest absolute Gasteiger partial charge is 0.242 e. The van der Waals surface area contributed by atoms with Crippen LogP contribution in [0.1, 0.15) is 13.8 Å². The van der Waals surface area contributed by atoms with E-state index in [-0.39, 0.29) is 10.9 Å². The van der Waals surface area contributed by atoms with E-state index in [0.717, 1.165) is 0 Å². The number of nitrogens with one attached hydrogen (secondary N) is 2. The Labute approximate surface area is 117 Å². The molecule has 1 rings (SSSR count). The highest BCUT2D eigenvalue weighted by Crippen LogP contribution is 2.20. The molecule has 19 heavy (non-hydrogen) atoms. The van der Waals surface area contributed by atoms with Crippen LogP contribution in [0.4, 0.5) is 5.69 Å². The molecule has 0 fully saturated rings. The Morgan fingerprint density at radius 1 is 1.26 bits per heavy atom. The van der Waals surface area contributed by atoms with Crippen molar-refractivity contribution in [3.05, 3.63) is 24.3 Å². The van der Waals surface area contributed by atoms with Gasteiger partial charge in [-0.2, -0.15) is 0 Å². The highest BCUT2D eigenvalue weighted by molar-refractivity contribution is 7.89. The van der Waals surface area contributed by atoms with Gasteiger partial charge in [0.1, 0.15) is 4.90 Å². The third kappa shape index (κ3) is 5.30. The Morgan fingerprint density at radius 3 is 2.47 bits per heavy atom. The van der Waals surface area contributed by atoms with E-state index in [1.807, 2.05) is 0 Å². The molecule has 0 radical (unpaired) electrons. The summed E-state index contributed by atoms with van der Waals surface area (Å²) in [5.74, 6) is 0.478. The van der Waals surface area contributed by atoms with Crippen molar-refractivity contribution < 1.29 is 12.6 Å². The van der Waals surface area contributed by atoms with Crippen molar-refractivity contribution in [2.45, 2.75) is 24.8 Å². The van der Waals surface area contributed by atoms with E-state index in [2.05, 4.69) is 10.0 Å². The van der Waals surface area contributed by atoms with Gasteiger partial charge in [-0.1, -0.05) is 12.1 Å². The third-order valence-corrected chi connectivity index (χ3v) is 4.77. The molecule has 5 nitrogen and oxygen atoms in total. The highest BCUT2D eigenvalue weighted by Gasteiger charge is 2.18. The summed E-state index contributed by atoms with van der Waals surface area (Å²) in [5.41, 5.74) is 0.529. The first-order valence-electron chi connectivity index (χ1n) is 5.98. The number of hydrogen-bond acceptors (Lipinski definition) is 4. The number of benzene rings is 1. The van der Waals surface area contributed by atoms with Crippen LogP contribution in [-0.2, 0) is 20.8 Å². The molecule has 0 amide bonds. The van der Waals surface area contributed by atoms with Crippen molar-refractivity contribution in [3.8, 4) is 0 Å². The first-order chi connectivity index (χ1) is 8.83. The van der Waals surface area contributed by atoms with Gasteiger partial charge in [-0.25, -0.2) is 13.1 Å². The zero-order chi connectivity index (χ0) is 14.5. The summed E-state index contributed by atoms with van der Waals surface area (Å²) in [7, 11) is -4.43. The molecule has 1 aromatic carbocycles. The number of para-hydroxylation sites is 1. The summed E-state index contributed by atoms with van der Waals surface area (Å²) < 4.78 is 37.8. The molecule has 0 aliphatic carbocycles. The SMILES string of the molecule is CC(C)NS(=O)(=O)c1ccccc1NCCS(C)=O. The van der Waals surface area contributed by atoms with Crippen LogP contribution >= 0.6 is 0 Å². The Kier molecular flexibility index (Phi) is 5.96. The van der Waals surface area contributed by atoms with Crippen molar-refractivity contribution >= 4 is 26.5 Å². The van der Waals surface area contributed by atoms with Gasteiger partial charge in [0.15, 0.2) is 0 Å². The average Bonchev–Trinajstić information content (AvgIpc) is 2.27. The standard InChI is InChI=1S/C12H20N2O3S2/c1-10(2)14-19(16,17)12-7-5-4-6-11(12)13-8-9-18(3)15/h4-7,10,13-14H,8-9H2,1-3H3. The van der Waals surface area contributed by atoms with E-state index >= 15 is 0 Å². The second-order valence-electron chi connectivity index (χ2n) is 4.48. The topological polar surface area (TPSA) is 75.3 Å². The first kappa shape index (κ1) is 16.1. The summed E-state index contributed by atoms with van der Waals surface area (Å²) >= 11 is 0. The Balaban J connectivity index is 2.92. The van der Waals surface area contributed by atoms with Crippen molar-refractivity contribution in [1.82, 2.24) is 4.72 Å². The molecular weight excluding hydrogens is 284 g/mol. The van der Waals surface area contributed by atoms with Gasteiger partial charge in [-0.15, -0.1) is 0 Å². The van der Waals surface area contributed by atoms with E-state index in [1.165, 1.54) is 0 Å². The molecular formula is C12H20N2O3S2. The number of hydrogen-bond donors (Lipinski definition) is 2. The molecule has 1 aromatic rings. The molecule has 0 saturated carbocycles. The lowest BCUT2D eigenvalue weighted by Crippen LogP contribution is -2.30. The lowest BCUT2D eigenvalue weighted by atomic mass is 10.3. The van der Waals surface area contributed by atoms with Gasteiger partial charge in [0.2, 0.25) is 10.0 Å². The fraction of sp³-hybridized carbons (Fsp3) is 0.500. The fourth-order valence-electron chi connectivity index (χ4n) is 1.55. The molecule has 0 aliphatic rings. The van der Waals surface area contributed by atoms with Crippen molar-refractivity contribution in [2.24, 2.45) is 0 Å². The van der Waals surface area contributed by atoms with Crippen LogP contribution in [-0.4, -0.2) is 37.2 Å². The van der Waals surface area contributed by atoms with Gasteiger partial charge < -0.3 is 5.32 Å². The van der Waals surface area contributed by atoms with Crippen LogP contribution in [0, 0.1) is 0 Å². The second-order valence-corrected chi connectivity index (χ2v) is 7.71. The van der Waals surface area contributed by atoms with Crippen LogP contribution in [0.2, 0.25) is 0 Å². The maximum absolute atomic E-state index is 12.1. The number of rotatable bonds is 7. The largest absolute Gasteiger partial charge is 0.383 e. The van der Waals surface area contributed by atoms with E-state index in [9.17, 15) is 12.6 Å². The monoisotopic (exact) mass is 304 g/mol. The van der Waals surface area contributed by atoms with Crippen molar-refractivity contribution in [2.75, 3.05) is 23.9 Å². The van der Waals surface area contributed by atoms with Crippen molar-refractivity contribution in [1.29, 1.82) is 0 Å². The molecule has 0 aliphatic heterocycles. The minimum Gasteiger partial charge on any atom is -0.383 e. The molecule has 108 valence electrons. The third-order valence-electron chi connectivity index (χ3n) is 2.27. The molecule has 0 bridgehead atoms. The quantitative estimate of drug-likeness (QED) is 0.793. The van der Waals surface area contributed by atoms with Gasteiger partial charge in [0.05, 0.1) is 5.69 Å². The van der Waals surface area contributed by atoms with Crippen molar-refractivity contribution in [3.63, 3.8) is 0 Å². The average molecular weight is 304 g/mol. The zero-order valence-electron chi connectivity index (χ0n) is 11.3. The second kappa shape index (κ2) is 7.02. The van der Waals surface area contributed by atoms with Gasteiger partial charge >= 0.3 is 0 Å². The van der Waals surface area contributed by atoms with E-state index in [1.54, 1.807) is 44.4 Å². The Bertz CT molecular complexity index is 542. The zero-order valence-corrected chi connectivity index (χ0v) is 13.0. The van der Waals surface area contributed by atoms with Crippen LogP contribution in [0.25, 0.3) is 0 Å². The van der Waals surface area contributed by atoms with E-state index < -0.39 is 20.8 Å². The number of sulfonamides is 1. The molecule has 7 heteroatoms. The lowest BCUT2D eigenvalue weighted by molar-refractivity contribution is 0.570. The van der Waals surface area contributed by atoms with Gasteiger partial charge in [-0.3, -0.25) is 4.21 Å². The summed E-state index contributed by atoms with van der Waals surface area (Å²) in [6.45, 7) is 4.01. The molecule has 0 saturated heterocycles. The summed E-state index contributed by atoms with van der Waals surface area (Å²) in [6.07, 6.45) is 1.62. The van der Waals surface area contributed by atoms with Gasteiger partial charge in [0.25, 0.3) is 0 Å². The predicted molar refractivity (Wildman–Crippen MR) is 79.3 cm³/mol. The molecule has 0 heterocycles. The molecule has 2 N–H and O–H groups in total. The van der Waals surface area contributed by atoms with E-state index in [4.69, 9.17) is 0 Å². The summed E-state index contributed by atoms with van der Waals surface area (Å²) in [4.78, 5) is 0.214. The van der Waals surface area contributed by atoms with Crippen LogP contribution in [0.15, 0.2) is 29.2 Å². The number of anilines is 1. The van der Waals surface area contributed by atoms with Crippen LogP contribution in [0.5, 0.6) is 0 Å². The Morgan fingerprint density at radius 2 is 1.89 bits per heavy atom. The molecule has 0 aromatic heterocycles. The molecule has 1 unspecified atom stereocenters. The predicted octanol–water partition coefficient (Wildman–Crippen LogP) is 1.16. The highest BCUT2D eigenvalue weighted by atomic mass is 32.2. The maximum atomic E-state index is 12.1. The minimum absolute atomic E-state index is 0.166. The first-order valence-corrected chi connectivity index (χ1v) is 9.19. The Hall–Kier alpha value is -0.920. The van der Waals surface area contributed by atoms with Crippen LogP contribution < -0.4 is 10.0 Å². The fourth-order valence-corrected chi connectivity index (χ4v) is 3.37. The van der Waals surface area contributed by atoms with Crippen LogP contribution in [0.3, 0.4) is 0 Å². The lowest BCUT2D eigenvalue weighted by Gasteiger charge is -2.14.